The van der Waals surface area contributed by atoms with Gasteiger partial charge >= 0.3 is 0 Å². The number of hydrogen-bond donors (Lipinski definition) is 2. The molecule has 2 N–H and O–H groups in total. The summed E-state index contributed by atoms with van der Waals surface area (Å²) in [7, 11) is 0. The number of aromatic nitrogens is 3. The minimum atomic E-state index is -0.0913. The van der Waals surface area contributed by atoms with Crippen LogP contribution in [0.5, 0.6) is 0 Å². The van der Waals surface area contributed by atoms with Crippen molar-refractivity contribution in [3.05, 3.63) is 89.1 Å². The van der Waals surface area contributed by atoms with Crippen molar-refractivity contribution < 1.29 is 9.21 Å². The molecule has 4 rings (SSSR count). The minimum absolute atomic E-state index is 0.0913. The Kier molecular flexibility index (Phi) is 7.14. The molecule has 0 aliphatic rings. The third kappa shape index (κ3) is 6.04. The summed E-state index contributed by atoms with van der Waals surface area (Å²) in [6, 6.07) is 17.8. The lowest BCUT2D eigenvalue weighted by Gasteiger charge is -2.12. The van der Waals surface area contributed by atoms with Crippen LogP contribution in [-0.4, -0.2) is 26.4 Å². The smallest absolute Gasteiger partial charge is 0.234 e. The van der Waals surface area contributed by atoms with E-state index in [1.165, 1.54) is 22.9 Å². The molecule has 4 aromatic rings. The number of carbonyl (C=O) groups excluding carboxylic acids is 1. The first kappa shape index (κ1) is 22.7. The van der Waals surface area contributed by atoms with E-state index in [-0.39, 0.29) is 11.7 Å². The maximum atomic E-state index is 12.5. The second-order valence-electron chi connectivity index (χ2n) is 7.94. The number of aryl methyl sites for hydroxylation is 3. The normalized spacial score (nSPS) is 10.9. The number of nitrogens with zero attached hydrogens (tertiary/aromatic N) is 3. The van der Waals surface area contributed by atoms with Gasteiger partial charge < -0.3 is 15.1 Å². The van der Waals surface area contributed by atoms with Gasteiger partial charge in [0.15, 0.2) is 11.0 Å². The summed E-state index contributed by atoms with van der Waals surface area (Å²) in [5, 5.41) is 15.8. The zero-order valence-electron chi connectivity index (χ0n) is 19.0. The zero-order valence-corrected chi connectivity index (χ0v) is 19.8. The van der Waals surface area contributed by atoms with E-state index in [9.17, 15) is 4.79 Å². The van der Waals surface area contributed by atoms with Crippen molar-refractivity contribution in [3.8, 4) is 0 Å². The van der Waals surface area contributed by atoms with E-state index in [0.717, 1.165) is 28.5 Å². The summed E-state index contributed by atoms with van der Waals surface area (Å²) in [6.07, 6.45) is 1.65. The molecular formula is C25H27N5O2S. The van der Waals surface area contributed by atoms with E-state index in [2.05, 4.69) is 52.9 Å². The first-order valence-corrected chi connectivity index (χ1v) is 11.7. The van der Waals surface area contributed by atoms with Crippen molar-refractivity contribution in [2.45, 2.75) is 39.0 Å². The Hall–Kier alpha value is -3.52. The first-order valence-electron chi connectivity index (χ1n) is 10.7. The highest BCUT2D eigenvalue weighted by molar-refractivity contribution is 7.99. The molecule has 0 bridgehead atoms. The summed E-state index contributed by atoms with van der Waals surface area (Å²) in [6.45, 7) is 7.17. The van der Waals surface area contributed by atoms with E-state index < -0.39 is 0 Å². The predicted molar refractivity (Wildman–Crippen MR) is 132 cm³/mol. The molecule has 2 aromatic carbocycles. The van der Waals surface area contributed by atoms with Crippen LogP contribution in [-0.2, 0) is 17.9 Å². The predicted octanol–water partition coefficient (Wildman–Crippen LogP) is 5.19. The number of carbonyl (C=O) groups is 1. The van der Waals surface area contributed by atoms with Gasteiger partial charge in [-0.3, -0.25) is 9.36 Å². The molecule has 0 atom stereocenters. The standard InChI is InChI=1S/C25H27N5O2S/c1-17-6-9-20(10-7-17)27-24(31)16-33-25-29-28-23(30(25)15-21-5-4-12-32-21)14-26-22-11-8-18(2)13-19(22)3/h4-13,26H,14-16H2,1-3H3,(H,27,31). The van der Waals surface area contributed by atoms with E-state index in [1.807, 2.05) is 47.9 Å². The van der Waals surface area contributed by atoms with Crippen LogP contribution in [0.1, 0.15) is 28.3 Å². The first-order chi connectivity index (χ1) is 16.0. The van der Waals surface area contributed by atoms with Gasteiger partial charge in [0.1, 0.15) is 5.76 Å². The van der Waals surface area contributed by atoms with E-state index in [1.54, 1.807) is 6.26 Å². The summed E-state index contributed by atoms with van der Waals surface area (Å²) in [5.41, 5.74) is 5.38. The number of rotatable bonds is 9. The number of amides is 1. The number of nitrogens with one attached hydrogen (secondary N) is 2. The summed E-state index contributed by atoms with van der Waals surface area (Å²) in [4.78, 5) is 12.5. The molecule has 0 aliphatic heterocycles. The molecule has 0 radical (unpaired) electrons. The van der Waals surface area contributed by atoms with Gasteiger partial charge in [-0.15, -0.1) is 10.2 Å². The van der Waals surface area contributed by atoms with Gasteiger partial charge in [0.25, 0.3) is 0 Å². The molecule has 2 heterocycles. The zero-order chi connectivity index (χ0) is 23.2. The van der Waals surface area contributed by atoms with Crippen LogP contribution in [0, 0.1) is 20.8 Å². The minimum Gasteiger partial charge on any atom is -0.467 e. The van der Waals surface area contributed by atoms with Gasteiger partial charge in [-0.1, -0.05) is 47.2 Å². The number of benzene rings is 2. The van der Waals surface area contributed by atoms with Crippen LogP contribution >= 0.6 is 11.8 Å². The number of anilines is 2. The van der Waals surface area contributed by atoms with Crippen molar-refractivity contribution in [2.75, 3.05) is 16.4 Å². The highest BCUT2D eigenvalue weighted by Gasteiger charge is 2.16. The lowest BCUT2D eigenvalue weighted by atomic mass is 10.1. The molecule has 0 unspecified atom stereocenters. The van der Waals surface area contributed by atoms with Gasteiger partial charge in [-0.25, -0.2) is 0 Å². The fraction of sp³-hybridized carbons (Fsp3) is 0.240. The molecule has 2 aromatic heterocycles. The Morgan fingerprint density at radius 1 is 1.03 bits per heavy atom. The molecule has 0 aliphatic carbocycles. The molecule has 170 valence electrons. The molecule has 0 saturated carbocycles. The van der Waals surface area contributed by atoms with Crippen molar-refractivity contribution in [2.24, 2.45) is 0 Å². The van der Waals surface area contributed by atoms with Crippen LogP contribution < -0.4 is 10.6 Å². The van der Waals surface area contributed by atoms with Crippen LogP contribution in [0.2, 0.25) is 0 Å². The number of thioether (sulfide) groups is 1. The van der Waals surface area contributed by atoms with Crippen LogP contribution in [0.4, 0.5) is 11.4 Å². The van der Waals surface area contributed by atoms with Crippen molar-refractivity contribution >= 4 is 29.0 Å². The molecule has 1 amide bonds. The van der Waals surface area contributed by atoms with Gasteiger partial charge in [0.05, 0.1) is 25.1 Å². The summed E-state index contributed by atoms with van der Waals surface area (Å²) >= 11 is 1.35. The number of furan rings is 1. The van der Waals surface area contributed by atoms with Crippen molar-refractivity contribution in [3.63, 3.8) is 0 Å². The Bertz CT molecular complexity index is 1220. The molecule has 8 heteroatoms. The average molecular weight is 462 g/mol. The van der Waals surface area contributed by atoms with E-state index in [4.69, 9.17) is 4.42 Å². The van der Waals surface area contributed by atoms with Crippen molar-refractivity contribution in [1.82, 2.24) is 14.8 Å². The topological polar surface area (TPSA) is 85.0 Å². The van der Waals surface area contributed by atoms with Crippen LogP contribution in [0.15, 0.2) is 70.4 Å². The largest absolute Gasteiger partial charge is 0.467 e. The molecule has 0 saturated heterocycles. The fourth-order valence-electron chi connectivity index (χ4n) is 3.42. The van der Waals surface area contributed by atoms with Gasteiger partial charge in [-0.05, 0) is 56.7 Å². The van der Waals surface area contributed by atoms with Crippen LogP contribution in [0.3, 0.4) is 0 Å². The SMILES string of the molecule is Cc1ccc(NC(=O)CSc2nnc(CNc3ccc(C)cc3C)n2Cc2ccco2)cc1. The highest BCUT2D eigenvalue weighted by atomic mass is 32.2. The fourth-order valence-corrected chi connectivity index (χ4v) is 4.18. The van der Waals surface area contributed by atoms with Gasteiger partial charge in [-0.2, -0.15) is 0 Å². The Labute approximate surface area is 197 Å². The van der Waals surface area contributed by atoms with Crippen molar-refractivity contribution in [1.29, 1.82) is 0 Å². The lowest BCUT2D eigenvalue weighted by Crippen LogP contribution is -2.15. The maximum Gasteiger partial charge on any atom is 0.234 e. The average Bonchev–Trinajstić information content (AvgIpc) is 3.44. The molecule has 7 nitrogen and oxygen atoms in total. The molecule has 0 fully saturated rings. The van der Waals surface area contributed by atoms with E-state index in [0.29, 0.717) is 18.2 Å². The Morgan fingerprint density at radius 3 is 2.55 bits per heavy atom. The third-order valence-electron chi connectivity index (χ3n) is 5.17. The Morgan fingerprint density at radius 2 is 1.82 bits per heavy atom. The highest BCUT2D eigenvalue weighted by Crippen LogP contribution is 2.22. The maximum absolute atomic E-state index is 12.5. The molecule has 33 heavy (non-hydrogen) atoms. The molecule has 0 spiro atoms. The van der Waals surface area contributed by atoms with Crippen LogP contribution in [0.25, 0.3) is 0 Å². The monoisotopic (exact) mass is 461 g/mol. The third-order valence-corrected chi connectivity index (χ3v) is 6.14. The van der Waals surface area contributed by atoms with Gasteiger partial charge in [0.2, 0.25) is 5.91 Å². The summed E-state index contributed by atoms with van der Waals surface area (Å²) < 4.78 is 7.53. The number of hydrogen-bond acceptors (Lipinski definition) is 6. The lowest BCUT2D eigenvalue weighted by molar-refractivity contribution is -0.113. The second kappa shape index (κ2) is 10.4. The Balaban J connectivity index is 1.45. The van der Waals surface area contributed by atoms with E-state index >= 15 is 0 Å². The van der Waals surface area contributed by atoms with Gasteiger partial charge in [0, 0.05) is 11.4 Å². The quantitative estimate of drug-likeness (QED) is 0.334. The molecular weight excluding hydrogens is 434 g/mol. The summed E-state index contributed by atoms with van der Waals surface area (Å²) in [5.74, 6) is 1.71. The second-order valence-corrected chi connectivity index (χ2v) is 8.88.